The summed E-state index contributed by atoms with van der Waals surface area (Å²) in [5.41, 5.74) is 1.08. The van der Waals surface area contributed by atoms with Gasteiger partial charge in [-0.2, -0.15) is 0 Å². The second-order valence-electron chi connectivity index (χ2n) is 5.93. The van der Waals surface area contributed by atoms with Gasteiger partial charge in [0.1, 0.15) is 0 Å². The van der Waals surface area contributed by atoms with Gasteiger partial charge in [-0.1, -0.05) is 43.1 Å². The van der Waals surface area contributed by atoms with E-state index in [0.29, 0.717) is 6.04 Å². The van der Waals surface area contributed by atoms with E-state index in [9.17, 15) is 0 Å². The highest BCUT2D eigenvalue weighted by atomic mass is 35.5. The molecule has 1 aromatic carbocycles. The fourth-order valence-electron chi connectivity index (χ4n) is 3.24. The smallest absolute Gasteiger partial charge is 0.0508 e. The molecule has 1 saturated heterocycles. The summed E-state index contributed by atoms with van der Waals surface area (Å²) in [6, 6.07) is 6.53. The molecule has 2 rings (SSSR count). The van der Waals surface area contributed by atoms with Crippen LogP contribution >= 0.6 is 23.2 Å². The molecule has 2 unspecified atom stereocenters. The molecular weight excluding hydrogens is 317 g/mol. The summed E-state index contributed by atoms with van der Waals surface area (Å²) in [6.07, 6.45) is 0. The van der Waals surface area contributed by atoms with Crippen LogP contribution in [0.15, 0.2) is 18.2 Å². The Morgan fingerprint density at radius 1 is 1.27 bits per heavy atom. The number of hydrogen-bond donors (Lipinski definition) is 1. The van der Waals surface area contributed by atoms with Crippen LogP contribution in [0, 0.1) is 0 Å². The molecule has 0 bridgehead atoms. The molecule has 2 atom stereocenters. The number of piperazine rings is 1. The third-order valence-electron chi connectivity index (χ3n) is 4.61. The Morgan fingerprint density at radius 3 is 2.45 bits per heavy atom. The second-order valence-corrected chi connectivity index (χ2v) is 6.74. The molecular formula is C17H27Cl2N3. The van der Waals surface area contributed by atoms with Gasteiger partial charge in [-0.15, -0.1) is 0 Å². The number of nitrogens with one attached hydrogen (secondary N) is 1. The second kappa shape index (κ2) is 8.51. The van der Waals surface area contributed by atoms with Gasteiger partial charge < -0.3 is 10.2 Å². The van der Waals surface area contributed by atoms with Gasteiger partial charge in [-0.05, 0) is 32.1 Å². The van der Waals surface area contributed by atoms with Crippen LogP contribution < -0.4 is 5.32 Å². The van der Waals surface area contributed by atoms with Crippen LogP contribution in [0.1, 0.15) is 32.4 Å². The Labute approximate surface area is 144 Å². The van der Waals surface area contributed by atoms with Gasteiger partial charge in [0.15, 0.2) is 0 Å². The minimum absolute atomic E-state index is 0.234. The summed E-state index contributed by atoms with van der Waals surface area (Å²) in [5, 5.41) is 5.01. The van der Waals surface area contributed by atoms with Gasteiger partial charge in [-0.3, -0.25) is 4.90 Å². The van der Waals surface area contributed by atoms with Gasteiger partial charge in [0.05, 0.1) is 6.04 Å². The van der Waals surface area contributed by atoms with Gasteiger partial charge >= 0.3 is 0 Å². The molecule has 0 radical (unpaired) electrons. The highest BCUT2D eigenvalue weighted by Crippen LogP contribution is 2.35. The van der Waals surface area contributed by atoms with E-state index in [1.807, 2.05) is 18.2 Å². The number of halogens is 2. The Balaban J connectivity index is 2.36. The Hall–Kier alpha value is -0.320. The van der Waals surface area contributed by atoms with Crippen molar-refractivity contribution < 1.29 is 0 Å². The molecule has 0 amide bonds. The fraction of sp³-hybridized carbons (Fsp3) is 0.647. The molecule has 3 nitrogen and oxygen atoms in total. The molecule has 0 spiro atoms. The molecule has 1 N–H and O–H groups in total. The summed E-state index contributed by atoms with van der Waals surface area (Å²) in [7, 11) is 0. The maximum atomic E-state index is 6.52. The van der Waals surface area contributed by atoms with Crippen LogP contribution in [-0.4, -0.2) is 55.1 Å². The molecule has 1 aromatic rings. The highest BCUT2D eigenvalue weighted by molar-refractivity contribution is 6.36. The summed E-state index contributed by atoms with van der Waals surface area (Å²) >= 11 is 13.0. The lowest BCUT2D eigenvalue weighted by atomic mass is 10.0. The first-order valence-corrected chi connectivity index (χ1v) is 8.96. The molecule has 1 fully saturated rings. The first-order chi connectivity index (χ1) is 10.6. The first-order valence-electron chi connectivity index (χ1n) is 8.21. The van der Waals surface area contributed by atoms with Crippen molar-refractivity contribution >= 4 is 23.2 Å². The van der Waals surface area contributed by atoms with Crippen molar-refractivity contribution in [1.29, 1.82) is 0 Å². The van der Waals surface area contributed by atoms with Crippen molar-refractivity contribution in [2.45, 2.75) is 32.9 Å². The predicted octanol–water partition coefficient (Wildman–Crippen LogP) is 3.67. The molecule has 1 heterocycles. The van der Waals surface area contributed by atoms with E-state index >= 15 is 0 Å². The van der Waals surface area contributed by atoms with Crippen LogP contribution in [0.25, 0.3) is 0 Å². The van der Waals surface area contributed by atoms with E-state index in [-0.39, 0.29) is 6.04 Å². The monoisotopic (exact) mass is 343 g/mol. The summed E-state index contributed by atoms with van der Waals surface area (Å²) < 4.78 is 0. The minimum Gasteiger partial charge on any atom is -0.314 e. The number of benzene rings is 1. The van der Waals surface area contributed by atoms with Crippen LogP contribution in [0.5, 0.6) is 0 Å². The molecule has 22 heavy (non-hydrogen) atoms. The molecule has 0 aromatic heterocycles. The van der Waals surface area contributed by atoms with E-state index in [1.165, 1.54) is 0 Å². The maximum Gasteiger partial charge on any atom is 0.0508 e. The van der Waals surface area contributed by atoms with Crippen LogP contribution in [0.4, 0.5) is 0 Å². The maximum absolute atomic E-state index is 6.52. The molecule has 1 aliphatic rings. The van der Waals surface area contributed by atoms with E-state index in [4.69, 9.17) is 23.2 Å². The normalized spacial score (nSPS) is 21.3. The molecule has 0 saturated carbocycles. The third-order valence-corrected chi connectivity index (χ3v) is 5.27. The molecule has 0 aliphatic carbocycles. The SMILES string of the molecule is CCN(CC)CC(c1c(Cl)cccc1Cl)N1CCNCC1C. The van der Waals surface area contributed by atoms with E-state index < -0.39 is 0 Å². The summed E-state index contributed by atoms with van der Waals surface area (Å²) in [5.74, 6) is 0. The van der Waals surface area contributed by atoms with Crippen molar-refractivity contribution in [3.8, 4) is 0 Å². The zero-order valence-electron chi connectivity index (χ0n) is 13.8. The molecule has 1 aliphatic heterocycles. The lowest BCUT2D eigenvalue weighted by Gasteiger charge is -2.42. The number of likely N-dealkylation sites (N-methyl/N-ethyl adjacent to an activating group) is 1. The van der Waals surface area contributed by atoms with Crippen molar-refractivity contribution in [3.63, 3.8) is 0 Å². The topological polar surface area (TPSA) is 18.5 Å². The Morgan fingerprint density at radius 2 is 1.91 bits per heavy atom. The lowest BCUT2D eigenvalue weighted by Crippen LogP contribution is -2.53. The lowest BCUT2D eigenvalue weighted by molar-refractivity contribution is 0.0872. The Kier molecular flexibility index (Phi) is 6.97. The minimum atomic E-state index is 0.234. The predicted molar refractivity (Wildman–Crippen MR) is 96.0 cm³/mol. The number of rotatable bonds is 6. The fourth-order valence-corrected chi connectivity index (χ4v) is 3.89. The van der Waals surface area contributed by atoms with Crippen molar-refractivity contribution in [2.75, 3.05) is 39.3 Å². The number of nitrogens with zero attached hydrogens (tertiary/aromatic N) is 2. The average molecular weight is 344 g/mol. The van der Waals surface area contributed by atoms with Gasteiger partial charge in [0.2, 0.25) is 0 Å². The summed E-state index contributed by atoms with van der Waals surface area (Å²) in [4.78, 5) is 4.99. The zero-order valence-corrected chi connectivity index (χ0v) is 15.3. The zero-order chi connectivity index (χ0) is 16.1. The van der Waals surface area contributed by atoms with E-state index in [1.54, 1.807) is 0 Å². The third kappa shape index (κ3) is 4.15. The van der Waals surface area contributed by atoms with Gasteiger partial charge in [0, 0.05) is 47.8 Å². The van der Waals surface area contributed by atoms with Crippen molar-refractivity contribution in [1.82, 2.24) is 15.1 Å². The van der Waals surface area contributed by atoms with E-state index in [0.717, 1.165) is 54.9 Å². The summed E-state index contributed by atoms with van der Waals surface area (Å²) in [6.45, 7) is 12.8. The largest absolute Gasteiger partial charge is 0.314 e. The van der Waals surface area contributed by atoms with Gasteiger partial charge in [0.25, 0.3) is 0 Å². The van der Waals surface area contributed by atoms with Crippen molar-refractivity contribution in [3.05, 3.63) is 33.8 Å². The molecule has 124 valence electrons. The highest BCUT2D eigenvalue weighted by Gasteiger charge is 2.30. The molecule has 5 heteroatoms. The average Bonchev–Trinajstić information content (AvgIpc) is 2.51. The standard InChI is InChI=1S/C17H27Cl2N3/c1-4-21(5-2)12-16(22-10-9-20-11-13(22)3)17-14(18)7-6-8-15(17)19/h6-8,13,16,20H,4-5,9-12H2,1-3H3. The van der Waals surface area contributed by atoms with E-state index in [2.05, 4.69) is 35.9 Å². The van der Waals surface area contributed by atoms with Gasteiger partial charge in [-0.25, -0.2) is 0 Å². The van der Waals surface area contributed by atoms with Crippen molar-refractivity contribution in [2.24, 2.45) is 0 Å². The Bertz CT molecular complexity index is 457. The first kappa shape index (κ1) is 18.0. The quantitative estimate of drug-likeness (QED) is 0.849. The van der Waals surface area contributed by atoms with Crippen LogP contribution in [0.2, 0.25) is 10.0 Å². The van der Waals surface area contributed by atoms with Crippen LogP contribution in [-0.2, 0) is 0 Å². The van der Waals surface area contributed by atoms with Crippen LogP contribution in [0.3, 0.4) is 0 Å². The number of hydrogen-bond acceptors (Lipinski definition) is 3.